The summed E-state index contributed by atoms with van der Waals surface area (Å²) < 4.78 is 6.69. The van der Waals surface area contributed by atoms with E-state index in [0.29, 0.717) is 22.5 Å². The Kier molecular flexibility index (Phi) is 4.08. The molecule has 0 aliphatic carbocycles. The average molecular weight is 382 g/mol. The molecule has 4 rings (SSSR count). The van der Waals surface area contributed by atoms with Gasteiger partial charge in [0.1, 0.15) is 10.6 Å². The molecule has 0 aliphatic heterocycles. The zero-order chi connectivity index (χ0) is 19.1. The second-order valence-electron chi connectivity index (χ2n) is 6.11. The third-order valence-corrected chi connectivity index (χ3v) is 5.35. The van der Waals surface area contributed by atoms with Crippen molar-refractivity contribution in [1.82, 2.24) is 14.7 Å². The van der Waals surface area contributed by atoms with Crippen molar-refractivity contribution >= 4 is 27.2 Å². The van der Waals surface area contributed by atoms with Crippen molar-refractivity contribution in [2.75, 3.05) is 0 Å². The molecular weight excluding hydrogens is 368 g/mol. The fraction of sp³-hybridized carbons (Fsp3) is 0.167. The molecule has 0 saturated heterocycles. The van der Waals surface area contributed by atoms with Crippen molar-refractivity contribution in [1.29, 1.82) is 0 Å². The number of benzene rings is 1. The Hall–Kier alpha value is -3.33. The predicted octanol–water partition coefficient (Wildman–Crippen LogP) is 3.69. The maximum atomic E-state index is 13.1. The molecule has 3 heterocycles. The van der Waals surface area contributed by atoms with Crippen molar-refractivity contribution in [2.24, 2.45) is 0 Å². The normalized spacial score (nSPS) is 11.2. The smallest absolute Gasteiger partial charge is 0.269 e. The lowest BCUT2D eigenvalue weighted by molar-refractivity contribution is -0.384. The van der Waals surface area contributed by atoms with Crippen LogP contribution in [0.1, 0.15) is 17.0 Å². The van der Waals surface area contributed by atoms with Gasteiger partial charge in [0.05, 0.1) is 28.9 Å². The molecule has 0 saturated carbocycles. The number of hydrogen-bond donors (Lipinski definition) is 0. The monoisotopic (exact) mass is 382 g/mol. The van der Waals surface area contributed by atoms with E-state index in [0.717, 1.165) is 22.4 Å². The van der Waals surface area contributed by atoms with Crippen LogP contribution in [0.2, 0.25) is 0 Å². The van der Waals surface area contributed by atoms with Crippen molar-refractivity contribution in [3.63, 3.8) is 0 Å². The SMILES string of the molecule is Cc1noc(C)c1Cn1cnc2scc(-c3ccc([N+](=O)[O-])cc3)c2c1=O. The van der Waals surface area contributed by atoms with Crippen LogP contribution in [0.25, 0.3) is 21.3 Å². The predicted molar refractivity (Wildman–Crippen MR) is 101 cm³/mol. The number of thiophene rings is 1. The molecule has 1 aromatic carbocycles. The molecular formula is C18H14N4O4S. The van der Waals surface area contributed by atoms with Crippen molar-refractivity contribution < 1.29 is 9.45 Å². The van der Waals surface area contributed by atoms with E-state index in [1.165, 1.54) is 34.4 Å². The topological polar surface area (TPSA) is 104 Å². The second-order valence-corrected chi connectivity index (χ2v) is 6.97. The van der Waals surface area contributed by atoms with E-state index in [9.17, 15) is 14.9 Å². The first-order chi connectivity index (χ1) is 13.0. The highest BCUT2D eigenvalue weighted by Gasteiger charge is 2.16. The summed E-state index contributed by atoms with van der Waals surface area (Å²) in [4.78, 5) is 28.5. The molecule has 0 N–H and O–H groups in total. The Morgan fingerprint density at radius 2 is 2.00 bits per heavy atom. The summed E-state index contributed by atoms with van der Waals surface area (Å²) in [7, 11) is 0. The number of aryl methyl sites for hydroxylation is 2. The fourth-order valence-corrected chi connectivity index (χ4v) is 3.86. The zero-order valence-corrected chi connectivity index (χ0v) is 15.3. The molecule has 3 aromatic heterocycles. The number of rotatable bonds is 4. The number of nitro benzene ring substituents is 1. The van der Waals surface area contributed by atoms with E-state index in [1.54, 1.807) is 19.1 Å². The summed E-state index contributed by atoms with van der Waals surface area (Å²) in [6, 6.07) is 6.14. The van der Waals surface area contributed by atoms with Crippen LogP contribution in [0.5, 0.6) is 0 Å². The summed E-state index contributed by atoms with van der Waals surface area (Å²) in [6.07, 6.45) is 1.52. The number of fused-ring (bicyclic) bond motifs is 1. The van der Waals surface area contributed by atoms with Crippen LogP contribution >= 0.6 is 11.3 Å². The van der Waals surface area contributed by atoms with Gasteiger partial charge in [-0.15, -0.1) is 11.3 Å². The van der Waals surface area contributed by atoms with Gasteiger partial charge in [-0.25, -0.2) is 4.98 Å². The Morgan fingerprint density at radius 3 is 2.63 bits per heavy atom. The average Bonchev–Trinajstić information content (AvgIpc) is 3.23. The number of hydrogen-bond acceptors (Lipinski definition) is 7. The molecule has 0 fully saturated rings. The van der Waals surface area contributed by atoms with Crippen molar-refractivity contribution in [3.05, 3.63) is 73.5 Å². The largest absolute Gasteiger partial charge is 0.361 e. The van der Waals surface area contributed by atoms with Gasteiger partial charge in [-0.1, -0.05) is 5.16 Å². The maximum absolute atomic E-state index is 13.1. The van der Waals surface area contributed by atoms with Gasteiger partial charge >= 0.3 is 0 Å². The van der Waals surface area contributed by atoms with Gasteiger partial charge in [-0.3, -0.25) is 19.5 Å². The van der Waals surface area contributed by atoms with Crippen LogP contribution in [0, 0.1) is 24.0 Å². The lowest BCUT2D eigenvalue weighted by Crippen LogP contribution is -2.21. The number of nitro groups is 1. The molecule has 0 bridgehead atoms. The van der Waals surface area contributed by atoms with E-state index in [-0.39, 0.29) is 11.2 Å². The highest BCUT2D eigenvalue weighted by Crippen LogP contribution is 2.31. The van der Waals surface area contributed by atoms with Crippen LogP contribution in [0.3, 0.4) is 0 Å². The lowest BCUT2D eigenvalue weighted by Gasteiger charge is -2.06. The van der Waals surface area contributed by atoms with Gasteiger partial charge in [-0.05, 0) is 31.5 Å². The maximum Gasteiger partial charge on any atom is 0.269 e. The van der Waals surface area contributed by atoms with Gasteiger partial charge < -0.3 is 4.52 Å². The molecule has 136 valence electrons. The number of nitrogens with zero attached hydrogens (tertiary/aromatic N) is 4. The number of aromatic nitrogens is 3. The summed E-state index contributed by atoms with van der Waals surface area (Å²) in [5.74, 6) is 0.667. The van der Waals surface area contributed by atoms with Crippen LogP contribution < -0.4 is 5.56 Å². The molecule has 0 unspecified atom stereocenters. The van der Waals surface area contributed by atoms with E-state index in [4.69, 9.17) is 4.52 Å². The van der Waals surface area contributed by atoms with Gasteiger partial charge in [-0.2, -0.15) is 0 Å². The minimum absolute atomic E-state index is 0.00669. The summed E-state index contributed by atoms with van der Waals surface area (Å²) in [5.41, 5.74) is 2.88. The van der Waals surface area contributed by atoms with Crippen LogP contribution in [-0.2, 0) is 6.54 Å². The Bertz CT molecular complexity index is 1200. The molecule has 4 aromatic rings. The molecule has 0 spiro atoms. The van der Waals surface area contributed by atoms with E-state index in [1.807, 2.05) is 12.3 Å². The molecule has 8 nitrogen and oxygen atoms in total. The Morgan fingerprint density at radius 1 is 1.26 bits per heavy atom. The third-order valence-electron chi connectivity index (χ3n) is 4.46. The van der Waals surface area contributed by atoms with Crippen molar-refractivity contribution in [3.8, 4) is 11.1 Å². The van der Waals surface area contributed by atoms with Crippen LogP contribution in [-0.4, -0.2) is 19.6 Å². The first kappa shape index (κ1) is 17.1. The highest BCUT2D eigenvalue weighted by atomic mass is 32.1. The standard InChI is InChI=1S/C18H14N4O4S/c1-10-14(11(2)26-20-10)7-21-9-19-17-16(18(21)23)15(8-27-17)12-3-5-13(6-4-12)22(24)25/h3-6,8-9H,7H2,1-2H3. The van der Waals surface area contributed by atoms with Crippen LogP contribution in [0.15, 0.2) is 45.3 Å². The number of non-ortho nitro benzene ring substituents is 1. The summed E-state index contributed by atoms with van der Waals surface area (Å²) in [6.45, 7) is 3.95. The molecule has 0 amide bonds. The van der Waals surface area contributed by atoms with Crippen LogP contribution in [0.4, 0.5) is 5.69 Å². The van der Waals surface area contributed by atoms with Gasteiger partial charge in [0, 0.05) is 28.6 Å². The molecule has 0 aliphatic rings. The Labute approximate surface area is 156 Å². The van der Waals surface area contributed by atoms with Gasteiger partial charge in [0.25, 0.3) is 11.2 Å². The first-order valence-corrected chi connectivity index (χ1v) is 8.97. The van der Waals surface area contributed by atoms with E-state index < -0.39 is 4.92 Å². The molecule has 27 heavy (non-hydrogen) atoms. The van der Waals surface area contributed by atoms with E-state index in [2.05, 4.69) is 10.1 Å². The third kappa shape index (κ3) is 2.91. The minimum atomic E-state index is -0.451. The molecule has 0 atom stereocenters. The fourth-order valence-electron chi connectivity index (χ4n) is 2.95. The van der Waals surface area contributed by atoms with Gasteiger partial charge in [0.2, 0.25) is 0 Å². The first-order valence-electron chi connectivity index (χ1n) is 8.09. The summed E-state index contributed by atoms with van der Waals surface area (Å²) in [5, 5.41) is 17.1. The quantitative estimate of drug-likeness (QED) is 0.394. The molecule has 9 heteroatoms. The zero-order valence-electron chi connectivity index (χ0n) is 14.5. The van der Waals surface area contributed by atoms with E-state index >= 15 is 0 Å². The Balaban J connectivity index is 1.82. The summed E-state index contributed by atoms with van der Waals surface area (Å²) >= 11 is 1.37. The van der Waals surface area contributed by atoms with Gasteiger partial charge in [0.15, 0.2) is 0 Å². The van der Waals surface area contributed by atoms with Crippen molar-refractivity contribution in [2.45, 2.75) is 20.4 Å². The molecule has 0 radical (unpaired) electrons. The lowest BCUT2D eigenvalue weighted by atomic mass is 10.1. The highest BCUT2D eigenvalue weighted by molar-refractivity contribution is 7.17. The second kappa shape index (κ2) is 6.44. The minimum Gasteiger partial charge on any atom is -0.361 e.